The quantitative estimate of drug-likeness (QED) is 0.815. The SMILES string of the molecule is CC(N)c1nc(C(=O)NCCN(C)C(C)C)cs1. The van der Waals surface area contributed by atoms with E-state index < -0.39 is 0 Å². The molecule has 1 amide bonds. The van der Waals surface area contributed by atoms with Gasteiger partial charge in [-0.3, -0.25) is 4.79 Å². The normalized spacial score (nSPS) is 13.1. The number of aromatic nitrogens is 1. The molecule has 0 bridgehead atoms. The molecule has 18 heavy (non-hydrogen) atoms. The van der Waals surface area contributed by atoms with Crippen LogP contribution >= 0.6 is 11.3 Å². The smallest absolute Gasteiger partial charge is 0.270 e. The molecule has 0 aromatic carbocycles. The standard InChI is InChI=1S/C12H22N4OS/c1-8(2)16(4)6-5-14-11(17)10-7-18-12(15-10)9(3)13/h7-9H,5-6,13H2,1-4H3,(H,14,17). The van der Waals surface area contributed by atoms with Crippen molar-refractivity contribution in [3.8, 4) is 0 Å². The lowest BCUT2D eigenvalue weighted by atomic mass is 10.3. The van der Waals surface area contributed by atoms with E-state index in [1.165, 1.54) is 11.3 Å². The highest BCUT2D eigenvalue weighted by Crippen LogP contribution is 2.15. The number of carbonyl (C=O) groups is 1. The predicted octanol–water partition coefficient (Wildman–Crippen LogP) is 1.23. The van der Waals surface area contributed by atoms with Gasteiger partial charge in [0.2, 0.25) is 0 Å². The van der Waals surface area contributed by atoms with Gasteiger partial charge >= 0.3 is 0 Å². The van der Waals surface area contributed by atoms with Crippen LogP contribution in [-0.2, 0) is 0 Å². The molecule has 1 unspecified atom stereocenters. The Morgan fingerprint density at radius 3 is 2.72 bits per heavy atom. The zero-order valence-electron chi connectivity index (χ0n) is 11.4. The number of thiazole rings is 1. The number of nitrogens with one attached hydrogen (secondary N) is 1. The van der Waals surface area contributed by atoms with E-state index in [0.717, 1.165) is 11.6 Å². The fourth-order valence-corrected chi connectivity index (χ4v) is 2.05. The third kappa shape index (κ3) is 4.36. The molecule has 0 aliphatic heterocycles. The van der Waals surface area contributed by atoms with Crippen LogP contribution in [-0.4, -0.2) is 42.0 Å². The fraction of sp³-hybridized carbons (Fsp3) is 0.667. The van der Waals surface area contributed by atoms with E-state index in [-0.39, 0.29) is 11.9 Å². The second kappa shape index (κ2) is 6.82. The summed E-state index contributed by atoms with van der Waals surface area (Å²) >= 11 is 1.42. The van der Waals surface area contributed by atoms with Gasteiger partial charge in [0.05, 0.1) is 6.04 Å². The average molecular weight is 270 g/mol. The number of rotatable bonds is 6. The first-order valence-corrected chi connectivity index (χ1v) is 6.99. The highest BCUT2D eigenvalue weighted by Gasteiger charge is 2.12. The Hall–Kier alpha value is -0.980. The Kier molecular flexibility index (Phi) is 5.71. The van der Waals surface area contributed by atoms with Gasteiger partial charge in [-0.25, -0.2) is 4.98 Å². The lowest BCUT2D eigenvalue weighted by molar-refractivity contribution is 0.0943. The minimum Gasteiger partial charge on any atom is -0.349 e. The number of amides is 1. The summed E-state index contributed by atoms with van der Waals surface area (Å²) in [6.07, 6.45) is 0. The summed E-state index contributed by atoms with van der Waals surface area (Å²) in [5, 5.41) is 5.40. The summed E-state index contributed by atoms with van der Waals surface area (Å²) in [5.41, 5.74) is 6.17. The van der Waals surface area contributed by atoms with Crippen molar-refractivity contribution in [2.45, 2.75) is 32.9 Å². The van der Waals surface area contributed by atoms with Gasteiger partial charge in [-0.1, -0.05) is 0 Å². The zero-order valence-corrected chi connectivity index (χ0v) is 12.3. The van der Waals surface area contributed by atoms with E-state index in [1.54, 1.807) is 5.38 Å². The second-order valence-corrected chi connectivity index (χ2v) is 5.58. The first-order chi connectivity index (χ1) is 8.41. The minimum atomic E-state index is -0.129. The molecule has 0 radical (unpaired) electrons. The van der Waals surface area contributed by atoms with Crippen molar-refractivity contribution in [3.63, 3.8) is 0 Å². The van der Waals surface area contributed by atoms with Crippen LogP contribution in [0, 0.1) is 0 Å². The van der Waals surface area contributed by atoms with Crippen LogP contribution in [0.1, 0.15) is 42.3 Å². The summed E-state index contributed by atoms with van der Waals surface area (Å²) in [7, 11) is 2.04. The summed E-state index contributed by atoms with van der Waals surface area (Å²) < 4.78 is 0. The number of nitrogens with zero attached hydrogens (tertiary/aromatic N) is 2. The molecule has 0 spiro atoms. The van der Waals surface area contributed by atoms with Crippen molar-refractivity contribution in [1.82, 2.24) is 15.2 Å². The van der Waals surface area contributed by atoms with Crippen LogP contribution in [0.15, 0.2) is 5.38 Å². The molecule has 1 rings (SSSR count). The van der Waals surface area contributed by atoms with Gasteiger partial charge in [0.1, 0.15) is 10.7 Å². The molecule has 102 valence electrons. The Labute approximate surface area is 112 Å². The van der Waals surface area contributed by atoms with E-state index in [9.17, 15) is 4.79 Å². The average Bonchev–Trinajstić information content (AvgIpc) is 2.77. The molecule has 0 aliphatic rings. The van der Waals surface area contributed by atoms with Crippen LogP contribution in [0.2, 0.25) is 0 Å². The van der Waals surface area contributed by atoms with E-state index in [1.807, 2.05) is 14.0 Å². The van der Waals surface area contributed by atoms with Gasteiger partial charge in [0.25, 0.3) is 5.91 Å². The van der Waals surface area contributed by atoms with E-state index in [0.29, 0.717) is 18.3 Å². The van der Waals surface area contributed by atoms with Gasteiger partial charge in [-0.05, 0) is 27.8 Å². The summed E-state index contributed by atoms with van der Waals surface area (Å²) in [6.45, 7) is 7.55. The molecule has 0 saturated heterocycles. The number of carbonyl (C=O) groups excluding carboxylic acids is 1. The van der Waals surface area contributed by atoms with Gasteiger partial charge in [-0.2, -0.15) is 0 Å². The minimum absolute atomic E-state index is 0.122. The third-order valence-electron chi connectivity index (χ3n) is 2.78. The Morgan fingerprint density at radius 1 is 1.56 bits per heavy atom. The molecule has 1 aromatic rings. The molecule has 5 nitrogen and oxygen atoms in total. The van der Waals surface area contributed by atoms with Gasteiger partial charge in [0.15, 0.2) is 0 Å². The van der Waals surface area contributed by atoms with Gasteiger partial charge in [0, 0.05) is 24.5 Å². The Bertz CT molecular complexity index is 389. The maximum absolute atomic E-state index is 11.8. The van der Waals surface area contributed by atoms with Crippen molar-refractivity contribution < 1.29 is 4.79 Å². The number of hydrogen-bond donors (Lipinski definition) is 2. The monoisotopic (exact) mass is 270 g/mol. The molecule has 0 aliphatic carbocycles. The molecule has 1 heterocycles. The lowest BCUT2D eigenvalue weighted by Crippen LogP contribution is -2.36. The molecule has 0 saturated carbocycles. The topological polar surface area (TPSA) is 71.2 Å². The summed E-state index contributed by atoms with van der Waals surface area (Å²) in [5.74, 6) is -0.129. The first-order valence-electron chi connectivity index (χ1n) is 6.11. The van der Waals surface area contributed by atoms with Crippen LogP contribution in [0.3, 0.4) is 0 Å². The highest BCUT2D eigenvalue weighted by atomic mass is 32.1. The molecule has 3 N–H and O–H groups in total. The molecule has 6 heteroatoms. The van der Waals surface area contributed by atoms with Gasteiger partial charge < -0.3 is 16.0 Å². The molecule has 1 atom stereocenters. The zero-order chi connectivity index (χ0) is 13.7. The maximum atomic E-state index is 11.8. The summed E-state index contributed by atoms with van der Waals surface area (Å²) in [4.78, 5) is 18.2. The Morgan fingerprint density at radius 2 is 2.22 bits per heavy atom. The van der Waals surface area contributed by atoms with Crippen molar-refractivity contribution in [2.24, 2.45) is 5.73 Å². The number of likely N-dealkylation sites (N-methyl/N-ethyl adjacent to an activating group) is 1. The third-order valence-corrected chi connectivity index (χ3v) is 3.82. The van der Waals surface area contributed by atoms with Crippen LogP contribution in [0.5, 0.6) is 0 Å². The molecule has 1 aromatic heterocycles. The van der Waals surface area contributed by atoms with Crippen LogP contribution < -0.4 is 11.1 Å². The molecule has 0 fully saturated rings. The highest BCUT2D eigenvalue weighted by molar-refractivity contribution is 7.09. The fourth-order valence-electron chi connectivity index (χ4n) is 1.30. The van der Waals surface area contributed by atoms with Crippen molar-refractivity contribution >= 4 is 17.2 Å². The summed E-state index contributed by atoms with van der Waals surface area (Å²) in [6, 6.07) is 0.356. The lowest BCUT2D eigenvalue weighted by Gasteiger charge is -2.20. The first kappa shape index (κ1) is 15.1. The van der Waals surface area contributed by atoms with E-state index in [2.05, 4.69) is 29.0 Å². The number of nitrogens with two attached hydrogens (primary N) is 1. The van der Waals surface area contributed by atoms with Crippen molar-refractivity contribution in [2.75, 3.05) is 20.1 Å². The Balaban J connectivity index is 2.41. The van der Waals surface area contributed by atoms with Crippen LogP contribution in [0.25, 0.3) is 0 Å². The predicted molar refractivity (Wildman–Crippen MR) is 74.8 cm³/mol. The largest absolute Gasteiger partial charge is 0.349 e. The van der Waals surface area contributed by atoms with Crippen molar-refractivity contribution in [3.05, 3.63) is 16.1 Å². The van der Waals surface area contributed by atoms with E-state index >= 15 is 0 Å². The molecular weight excluding hydrogens is 248 g/mol. The second-order valence-electron chi connectivity index (χ2n) is 4.69. The van der Waals surface area contributed by atoms with Gasteiger partial charge in [-0.15, -0.1) is 11.3 Å². The van der Waals surface area contributed by atoms with E-state index in [4.69, 9.17) is 5.73 Å². The number of hydrogen-bond acceptors (Lipinski definition) is 5. The maximum Gasteiger partial charge on any atom is 0.270 e. The van der Waals surface area contributed by atoms with Crippen LogP contribution in [0.4, 0.5) is 0 Å². The van der Waals surface area contributed by atoms with Crippen molar-refractivity contribution in [1.29, 1.82) is 0 Å². The molecular formula is C12H22N4OS.